The van der Waals surface area contributed by atoms with Crippen molar-refractivity contribution in [1.29, 1.82) is 0 Å². The topological polar surface area (TPSA) is 105 Å². The van der Waals surface area contributed by atoms with Gasteiger partial charge in [0.2, 0.25) is 0 Å². The van der Waals surface area contributed by atoms with Crippen LogP contribution >= 0.6 is 63.7 Å². The first-order valence-electron chi connectivity index (χ1n) is 14.2. The Balaban J connectivity index is 1.37. The van der Waals surface area contributed by atoms with Gasteiger partial charge < -0.3 is 18.9 Å². The van der Waals surface area contributed by atoms with E-state index in [9.17, 15) is 19.2 Å². The van der Waals surface area contributed by atoms with Crippen molar-refractivity contribution in [2.24, 2.45) is 71.0 Å². The average molecular weight is 808 g/mol. The van der Waals surface area contributed by atoms with Crippen molar-refractivity contribution in [3.63, 3.8) is 0 Å². The van der Waals surface area contributed by atoms with Crippen LogP contribution in [0.15, 0.2) is 0 Å². The molecule has 0 bridgehead atoms. The third-order valence-electron chi connectivity index (χ3n) is 14.9. The summed E-state index contributed by atoms with van der Waals surface area (Å²) in [6, 6.07) is 0. The van der Waals surface area contributed by atoms with Gasteiger partial charge in [-0.2, -0.15) is 0 Å². The second-order valence-electron chi connectivity index (χ2n) is 14.7. The van der Waals surface area contributed by atoms with Gasteiger partial charge in [-0.15, -0.1) is 0 Å². The van der Waals surface area contributed by atoms with E-state index in [1.54, 1.807) is 0 Å². The minimum absolute atomic E-state index is 0.00121. The predicted octanol–water partition coefficient (Wildman–Crippen LogP) is 3.27. The molecule has 0 radical (unpaired) electrons. The minimum atomic E-state index is -1.04. The molecule has 0 aromatic rings. The summed E-state index contributed by atoms with van der Waals surface area (Å²) in [5.74, 6) is -2.73. The van der Waals surface area contributed by atoms with E-state index in [2.05, 4.69) is 63.7 Å². The number of hydrogen-bond acceptors (Lipinski definition) is 8. The van der Waals surface area contributed by atoms with Gasteiger partial charge in [-0.1, -0.05) is 63.7 Å². The van der Waals surface area contributed by atoms with Crippen LogP contribution in [0.1, 0.15) is 27.7 Å². The van der Waals surface area contributed by atoms with E-state index >= 15 is 0 Å². The van der Waals surface area contributed by atoms with Crippen molar-refractivity contribution < 1.29 is 38.1 Å². The Bertz CT molecular complexity index is 1470. The SMILES string of the molecule is CC(=O)OC12[C@H]3[C@H]4[C@H]5[C@@H]6C7(OC(C)=O)[C@H]4[C@@]4(OC(C)=O)[C@@H]8[C@@H]9[C@@H]%10[C@H](C1(Br)[C@H]9[C@@]34Br)[C@](Br)([C@@H]52)[C@@]6(OC(C)=O)[C@@H]%10C87Br. The summed E-state index contributed by atoms with van der Waals surface area (Å²) >= 11 is 17.5. The summed E-state index contributed by atoms with van der Waals surface area (Å²) in [5, 5.41) is 0. The maximum absolute atomic E-state index is 13.2. The fourth-order valence-corrected chi connectivity index (χ4v) is 24.9. The number of carbonyl (C=O) groups is 4. The molecule has 12 fully saturated rings. The highest BCUT2D eigenvalue weighted by Gasteiger charge is 3.21. The van der Waals surface area contributed by atoms with Gasteiger partial charge in [0.05, 0.1) is 17.3 Å². The Kier molecular flexibility index (Phi) is 3.36. The number of ether oxygens (including phenoxy) is 4. The molecule has 0 aromatic heterocycles. The van der Waals surface area contributed by atoms with Crippen LogP contribution in [0.2, 0.25) is 0 Å². The maximum Gasteiger partial charge on any atom is 0.303 e. The zero-order valence-electron chi connectivity index (χ0n) is 21.7. The zero-order chi connectivity index (χ0) is 28.1. The van der Waals surface area contributed by atoms with E-state index < -0.39 is 39.7 Å². The lowest BCUT2D eigenvalue weighted by Gasteiger charge is -2.49. The van der Waals surface area contributed by atoms with Crippen molar-refractivity contribution >= 4 is 87.6 Å². The second-order valence-corrected chi connectivity index (χ2v) is 20.0. The number of rotatable bonds is 4. The van der Waals surface area contributed by atoms with Crippen LogP contribution in [-0.4, -0.2) is 63.6 Å². The molecule has 0 saturated heterocycles. The number of alkyl halides is 4. The van der Waals surface area contributed by atoms with E-state index in [0.717, 1.165) is 0 Å². The zero-order valence-corrected chi connectivity index (χ0v) is 28.1. The van der Waals surface area contributed by atoms with Gasteiger partial charge >= 0.3 is 23.9 Å². The van der Waals surface area contributed by atoms with E-state index in [4.69, 9.17) is 18.9 Å². The molecule has 0 heterocycles. The highest BCUT2D eigenvalue weighted by atomic mass is 79.9. The first-order chi connectivity index (χ1) is 18.6. The first kappa shape index (κ1) is 24.2. The van der Waals surface area contributed by atoms with E-state index in [-0.39, 0.29) is 94.9 Å². The third-order valence-corrected chi connectivity index (χ3v) is 21.4. The molecule has 0 N–H and O–H groups in total. The summed E-state index contributed by atoms with van der Waals surface area (Å²) in [6.45, 7) is 5.86. The quantitative estimate of drug-likeness (QED) is 0.243. The number of halogens is 4. The van der Waals surface area contributed by atoms with Crippen LogP contribution in [0, 0.1) is 71.0 Å². The molecular weight excluding hydrogens is 784 g/mol. The molecular formula is C28H24Br4O8. The Hall–Kier alpha value is -0.200. The van der Waals surface area contributed by atoms with Crippen molar-refractivity contribution in [1.82, 2.24) is 0 Å². The molecule has 12 heteroatoms. The molecule has 4 unspecified atom stereocenters. The average Bonchev–Trinajstić information content (AvgIpc) is 3.63. The Labute approximate surface area is 262 Å². The largest absolute Gasteiger partial charge is 0.457 e. The molecule has 0 spiro atoms. The monoisotopic (exact) mass is 804 g/mol. The first-order valence-corrected chi connectivity index (χ1v) is 17.3. The lowest BCUT2D eigenvalue weighted by molar-refractivity contribution is -0.189. The minimum Gasteiger partial charge on any atom is -0.457 e. The normalized spacial score (nSPS) is 74.2. The Morgan fingerprint density at radius 3 is 0.900 bits per heavy atom. The molecule has 212 valence electrons. The molecule has 0 aromatic carbocycles. The van der Waals surface area contributed by atoms with Gasteiger partial charge in [0.1, 0.15) is 22.4 Å². The molecule has 12 saturated carbocycles. The molecule has 12 aliphatic carbocycles. The highest BCUT2D eigenvalue weighted by Crippen LogP contribution is 3.11. The standard InChI is InChI=1S/C28H24Br4O8/c1-5(33)37-25-17-11-12-18(25)23(31)14-10-9-13(21(14,25)29)22(17,30)26(38-6(2)34)15(9)24(32)16(10)27(23,39-7(3)35)20(12)28(24,19(11)26)40-8(4)36/h9-20H,1-4H3/t9-,10-,11-,12-,13-,14+,15+,16-,17-,18+,19+,20-,21?,22+,23-,24?,25?,26-,27+,28?/m1/s1. The summed E-state index contributed by atoms with van der Waals surface area (Å²) in [7, 11) is 0. The number of carbonyl (C=O) groups excluding carboxylic acids is 4. The third kappa shape index (κ3) is 1.39. The fraction of sp³-hybridized carbons (Fsp3) is 0.857. The summed E-state index contributed by atoms with van der Waals surface area (Å²) < 4.78 is 24.3. The van der Waals surface area contributed by atoms with Crippen LogP contribution in [0.3, 0.4) is 0 Å². The van der Waals surface area contributed by atoms with Gasteiger partial charge in [-0.05, 0) is 23.7 Å². The predicted molar refractivity (Wildman–Crippen MR) is 146 cm³/mol. The van der Waals surface area contributed by atoms with Crippen LogP contribution < -0.4 is 0 Å². The molecule has 0 aliphatic heterocycles. The van der Waals surface area contributed by atoms with Crippen molar-refractivity contribution in [3.05, 3.63) is 0 Å². The van der Waals surface area contributed by atoms with Crippen LogP contribution in [0.25, 0.3) is 0 Å². The molecule has 20 atom stereocenters. The Morgan fingerprint density at radius 1 is 0.400 bits per heavy atom. The van der Waals surface area contributed by atoms with Crippen LogP contribution in [0.4, 0.5) is 0 Å². The number of esters is 4. The number of hydrogen-bond donors (Lipinski definition) is 0. The fourth-order valence-electron chi connectivity index (χ4n) is 16.7. The van der Waals surface area contributed by atoms with Crippen LogP contribution in [0.5, 0.6) is 0 Å². The van der Waals surface area contributed by atoms with Gasteiger partial charge in [0.15, 0.2) is 0 Å². The van der Waals surface area contributed by atoms with E-state index in [1.165, 1.54) is 27.7 Å². The second kappa shape index (κ2) is 5.57. The lowest BCUT2D eigenvalue weighted by atomic mass is 9.71. The van der Waals surface area contributed by atoms with Gasteiger partial charge in [0.25, 0.3) is 0 Å². The van der Waals surface area contributed by atoms with Gasteiger partial charge in [0, 0.05) is 75.0 Å². The van der Waals surface area contributed by atoms with Gasteiger partial charge in [-0.3, -0.25) is 19.2 Å². The molecule has 8 nitrogen and oxygen atoms in total. The lowest BCUT2D eigenvalue weighted by Crippen LogP contribution is -2.63. The summed E-state index contributed by atoms with van der Waals surface area (Å²) in [4.78, 5) is 52.6. The van der Waals surface area contributed by atoms with Crippen molar-refractivity contribution in [2.45, 2.75) is 67.4 Å². The Morgan fingerprint density at radius 2 is 0.600 bits per heavy atom. The molecule has 12 aliphatic rings. The summed E-state index contributed by atoms with van der Waals surface area (Å²) in [5.41, 5.74) is -3.87. The van der Waals surface area contributed by atoms with Crippen molar-refractivity contribution in [3.8, 4) is 0 Å². The maximum atomic E-state index is 13.2. The van der Waals surface area contributed by atoms with Crippen molar-refractivity contribution in [2.75, 3.05) is 0 Å². The molecule has 40 heavy (non-hydrogen) atoms. The molecule has 12 rings (SSSR count). The highest BCUT2D eigenvalue weighted by molar-refractivity contribution is 9.11. The molecule has 0 amide bonds. The van der Waals surface area contributed by atoms with E-state index in [1.807, 2.05) is 0 Å². The van der Waals surface area contributed by atoms with Crippen LogP contribution in [-0.2, 0) is 38.1 Å². The van der Waals surface area contributed by atoms with E-state index in [0.29, 0.717) is 0 Å². The summed E-state index contributed by atoms with van der Waals surface area (Å²) in [6.07, 6.45) is 0. The van der Waals surface area contributed by atoms with Gasteiger partial charge in [-0.25, -0.2) is 0 Å². The smallest absolute Gasteiger partial charge is 0.303 e.